The van der Waals surface area contributed by atoms with Gasteiger partial charge in [-0.3, -0.25) is 14.5 Å². The van der Waals surface area contributed by atoms with Gasteiger partial charge in [0.1, 0.15) is 0 Å². The van der Waals surface area contributed by atoms with Gasteiger partial charge in [0.25, 0.3) is 11.8 Å². The first-order valence-corrected chi connectivity index (χ1v) is 17.5. The molecule has 0 atom stereocenters. The number of carbonyl (C=O) groups is 2. The summed E-state index contributed by atoms with van der Waals surface area (Å²) in [5.41, 5.74) is 5.46. The SMILES string of the molecule is CCCCCCc1ccc(C(=O)Nc2ccc(N3CCC(Cc4ccccc4)CC3)c(C(=O)NCCCN3CCOCC3)c2)cc1. The summed E-state index contributed by atoms with van der Waals surface area (Å²) in [6, 6.07) is 24.4. The van der Waals surface area contributed by atoms with Gasteiger partial charge >= 0.3 is 0 Å². The molecule has 3 aromatic carbocycles. The second-order valence-electron chi connectivity index (χ2n) is 12.9. The monoisotopic (exact) mass is 624 g/mol. The lowest BCUT2D eigenvalue weighted by Crippen LogP contribution is -2.38. The van der Waals surface area contributed by atoms with Gasteiger partial charge in [-0.05, 0) is 92.4 Å². The predicted octanol–water partition coefficient (Wildman–Crippen LogP) is 6.97. The Balaban J connectivity index is 1.23. The van der Waals surface area contributed by atoms with Crippen LogP contribution in [0, 0.1) is 5.92 Å². The standard InChI is InChI=1S/C39H52N4O3/c1-2-3-4-6-10-31-13-15-34(16-14-31)38(44)41-35-17-18-37(43-23-19-33(20-24-43)29-32-11-7-5-8-12-32)36(30-35)39(45)40-21-9-22-42-25-27-46-28-26-42/h5,7-8,11-18,30,33H,2-4,6,9-10,19-29H2,1H3,(H,40,45)(H,41,44). The fourth-order valence-electron chi connectivity index (χ4n) is 6.60. The van der Waals surface area contributed by atoms with Crippen molar-refractivity contribution in [2.75, 3.05) is 62.7 Å². The first-order chi connectivity index (χ1) is 22.6. The largest absolute Gasteiger partial charge is 0.379 e. The lowest BCUT2D eigenvalue weighted by atomic mass is 9.89. The van der Waals surface area contributed by atoms with Gasteiger partial charge in [0.05, 0.1) is 18.8 Å². The predicted molar refractivity (Wildman–Crippen MR) is 188 cm³/mol. The minimum absolute atomic E-state index is 0.0908. The number of hydrogen-bond acceptors (Lipinski definition) is 5. The van der Waals surface area contributed by atoms with Crippen molar-refractivity contribution < 1.29 is 14.3 Å². The molecular weight excluding hydrogens is 572 g/mol. The number of benzene rings is 3. The van der Waals surface area contributed by atoms with Gasteiger partial charge < -0.3 is 20.3 Å². The fourth-order valence-corrected chi connectivity index (χ4v) is 6.60. The molecule has 0 aromatic heterocycles. The highest BCUT2D eigenvalue weighted by atomic mass is 16.5. The van der Waals surface area contributed by atoms with Crippen LogP contribution in [0.15, 0.2) is 72.8 Å². The van der Waals surface area contributed by atoms with Crippen molar-refractivity contribution in [3.63, 3.8) is 0 Å². The van der Waals surface area contributed by atoms with Crippen molar-refractivity contribution >= 4 is 23.2 Å². The number of nitrogens with one attached hydrogen (secondary N) is 2. The van der Waals surface area contributed by atoms with Gasteiger partial charge in [0.2, 0.25) is 0 Å². The molecule has 2 amide bonds. The molecule has 0 saturated carbocycles. The van der Waals surface area contributed by atoms with Crippen molar-refractivity contribution in [3.8, 4) is 0 Å². The average Bonchev–Trinajstić information content (AvgIpc) is 3.10. The number of nitrogens with zero attached hydrogens (tertiary/aromatic N) is 2. The maximum absolute atomic E-state index is 13.7. The summed E-state index contributed by atoms with van der Waals surface area (Å²) in [4.78, 5) is 31.6. The topological polar surface area (TPSA) is 73.9 Å². The number of piperidine rings is 1. The van der Waals surface area contributed by atoms with Crippen LogP contribution < -0.4 is 15.5 Å². The summed E-state index contributed by atoms with van der Waals surface area (Å²) >= 11 is 0. The summed E-state index contributed by atoms with van der Waals surface area (Å²) < 4.78 is 5.46. The number of carbonyl (C=O) groups excluding carboxylic acids is 2. The van der Waals surface area contributed by atoms with Crippen LogP contribution >= 0.6 is 0 Å². The summed E-state index contributed by atoms with van der Waals surface area (Å²) in [6.45, 7) is 9.04. The average molecular weight is 625 g/mol. The van der Waals surface area contributed by atoms with Gasteiger partial charge in [-0.2, -0.15) is 0 Å². The van der Waals surface area contributed by atoms with Crippen LogP contribution in [0.5, 0.6) is 0 Å². The van der Waals surface area contributed by atoms with Crippen LogP contribution in [0.25, 0.3) is 0 Å². The number of ether oxygens (including phenoxy) is 1. The first kappa shape index (κ1) is 33.7. The molecular formula is C39H52N4O3. The smallest absolute Gasteiger partial charge is 0.255 e. The van der Waals surface area contributed by atoms with Gasteiger partial charge in [0.15, 0.2) is 0 Å². The molecule has 0 bridgehead atoms. The van der Waals surface area contributed by atoms with E-state index in [1.807, 2.05) is 30.3 Å². The molecule has 2 aliphatic heterocycles. The second kappa shape index (κ2) is 17.9. The van der Waals surface area contributed by atoms with Crippen LogP contribution in [0.4, 0.5) is 11.4 Å². The lowest BCUT2D eigenvalue weighted by Gasteiger charge is -2.35. The maximum Gasteiger partial charge on any atom is 0.255 e. The Kier molecular flexibility index (Phi) is 13.1. The van der Waals surface area contributed by atoms with Crippen molar-refractivity contribution in [3.05, 3.63) is 95.1 Å². The Morgan fingerprint density at radius 2 is 1.57 bits per heavy atom. The zero-order chi connectivity index (χ0) is 32.0. The van der Waals surface area contributed by atoms with E-state index in [-0.39, 0.29) is 11.8 Å². The van der Waals surface area contributed by atoms with Gasteiger partial charge in [-0.1, -0.05) is 68.7 Å². The lowest BCUT2D eigenvalue weighted by molar-refractivity contribution is 0.0374. The Labute approximate surface area is 275 Å². The van der Waals surface area contributed by atoms with E-state index in [9.17, 15) is 9.59 Å². The van der Waals surface area contributed by atoms with E-state index >= 15 is 0 Å². The number of aryl methyl sites for hydroxylation is 1. The van der Waals surface area contributed by atoms with E-state index in [0.29, 0.717) is 29.3 Å². The summed E-state index contributed by atoms with van der Waals surface area (Å²) in [5, 5.41) is 6.22. The zero-order valence-electron chi connectivity index (χ0n) is 27.6. The minimum atomic E-state index is -0.163. The van der Waals surface area contributed by atoms with Crippen LogP contribution in [-0.2, 0) is 17.6 Å². The third-order valence-electron chi connectivity index (χ3n) is 9.40. The van der Waals surface area contributed by atoms with Crippen molar-refractivity contribution in [1.29, 1.82) is 0 Å². The van der Waals surface area contributed by atoms with Crippen LogP contribution in [0.1, 0.15) is 83.7 Å². The molecule has 7 nitrogen and oxygen atoms in total. The van der Waals surface area contributed by atoms with Gasteiger partial charge in [-0.25, -0.2) is 0 Å². The summed E-state index contributed by atoms with van der Waals surface area (Å²) in [5.74, 6) is 0.383. The van der Waals surface area contributed by atoms with E-state index in [4.69, 9.17) is 4.74 Å². The number of unbranched alkanes of at least 4 members (excludes halogenated alkanes) is 3. The Hall–Kier alpha value is -3.68. The highest BCUT2D eigenvalue weighted by molar-refractivity contribution is 6.06. The number of morpholine rings is 1. The molecule has 7 heteroatoms. The molecule has 0 radical (unpaired) electrons. The van der Waals surface area contributed by atoms with Gasteiger partial charge in [-0.15, -0.1) is 0 Å². The van der Waals surface area contributed by atoms with E-state index < -0.39 is 0 Å². The molecule has 246 valence electrons. The quantitative estimate of drug-likeness (QED) is 0.179. The molecule has 3 aromatic rings. The molecule has 2 N–H and O–H groups in total. The maximum atomic E-state index is 13.7. The Morgan fingerprint density at radius 1 is 0.804 bits per heavy atom. The molecule has 2 saturated heterocycles. The summed E-state index contributed by atoms with van der Waals surface area (Å²) in [6.07, 6.45) is 10.1. The third kappa shape index (κ3) is 10.2. The van der Waals surface area contributed by atoms with Crippen molar-refractivity contribution in [2.24, 2.45) is 5.92 Å². The molecule has 2 aliphatic rings. The van der Waals surface area contributed by atoms with E-state index in [0.717, 1.165) is 83.7 Å². The highest BCUT2D eigenvalue weighted by Crippen LogP contribution is 2.30. The Bertz CT molecular complexity index is 1360. The number of rotatable bonds is 15. The van der Waals surface area contributed by atoms with Crippen molar-refractivity contribution in [1.82, 2.24) is 10.2 Å². The number of anilines is 2. The van der Waals surface area contributed by atoms with E-state index in [2.05, 4.69) is 69.8 Å². The third-order valence-corrected chi connectivity index (χ3v) is 9.40. The fraction of sp³-hybridized carbons (Fsp3) is 0.487. The van der Waals surface area contributed by atoms with Crippen LogP contribution in [0.2, 0.25) is 0 Å². The molecule has 0 spiro atoms. The molecule has 2 heterocycles. The zero-order valence-corrected chi connectivity index (χ0v) is 27.6. The van der Waals surface area contributed by atoms with Crippen LogP contribution in [-0.4, -0.2) is 69.2 Å². The van der Waals surface area contributed by atoms with Crippen LogP contribution in [0.3, 0.4) is 0 Å². The highest BCUT2D eigenvalue weighted by Gasteiger charge is 2.24. The number of amides is 2. The van der Waals surface area contributed by atoms with E-state index in [1.54, 1.807) is 0 Å². The minimum Gasteiger partial charge on any atom is -0.379 e. The van der Waals surface area contributed by atoms with E-state index in [1.165, 1.54) is 36.8 Å². The van der Waals surface area contributed by atoms with Crippen molar-refractivity contribution in [2.45, 2.75) is 64.7 Å². The molecule has 2 fully saturated rings. The second-order valence-corrected chi connectivity index (χ2v) is 12.9. The normalized spacial score (nSPS) is 15.9. The molecule has 5 rings (SSSR count). The molecule has 46 heavy (non-hydrogen) atoms. The molecule has 0 unspecified atom stereocenters. The molecule has 0 aliphatic carbocycles. The van der Waals surface area contributed by atoms with Gasteiger partial charge in [0, 0.05) is 49.7 Å². The summed E-state index contributed by atoms with van der Waals surface area (Å²) in [7, 11) is 0. The number of hydrogen-bond donors (Lipinski definition) is 2. The first-order valence-electron chi connectivity index (χ1n) is 17.5. The Morgan fingerprint density at radius 3 is 2.30 bits per heavy atom.